The van der Waals surface area contributed by atoms with Crippen LogP contribution < -0.4 is 5.32 Å². The van der Waals surface area contributed by atoms with Crippen LogP contribution in [0, 0.1) is 5.92 Å². The summed E-state index contributed by atoms with van der Waals surface area (Å²) in [5, 5.41) is 2.59. The summed E-state index contributed by atoms with van der Waals surface area (Å²) < 4.78 is 88.2. The topological polar surface area (TPSA) is 147 Å². The van der Waals surface area contributed by atoms with Gasteiger partial charge in [-0.25, -0.2) is 13.6 Å². The molecule has 1 aliphatic carbocycles. The van der Waals surface area contributed by atoms with Gasteiger partial charge in [0.2, 0.25) is 5.92 Å². The van der Waals surface area contributed by atoms with Crippen molar-refractivity contribution in [1.29, 1.82) is 0 Å². The Morgan fingerprint density at radius 3 is 2.00 bits per heavy atom. The maximum Gasteiger partial charge on any atom is 0.407 e. The number of alkyl halides is 2. The molecule has 1 aliphatic rings. The van der Waals surface area contributed by atoms with Crippen molar-refractivity contribution in [2.75, 3.05) is 12.0 Å². The van der Waals surface area contributed by atoms with Crippen molar-refractivity contribution in [2.45, 2.75) is 76.9 Å². The molecule has 3 N–H and O–H groups in total. The van der Waals surface area contributed by atoms with Crippen LogP contribution in [0.4, 0.5) is 13.6 Å². The molecule has 0 radical (unpaired) electrons. The third-order valence-electron chi connectivity index (χ3n) is 3.90. The number of hydrogen-bond donors (Lipinski definition) is 3. The zero-order valence-corrected chi connectivity index (χ0v) is 18.7. The maximum atomic E-state index is 13.2. The Morgan fingerprint density at radius 2 is 1.62 bits per heavy atom. The number of hydrogen-bond acceptors (Lipinski definition) is 6. The Kier molecular flexibility index (Phi) is 10.4. The van der Waals surface area contributed by atoms with E-state index >= 15 is 0 Å². The van der Waals surface area contributed by atoms with Crippen LogP contribution in [-0.4, -0.2) is 61.6 Å². The summed E-state index contributed by atoms with van der Waals surface area (Å²) in [4.78, 5) is 11.9. The van der Waals surface area contributed by atoms with Crippen molar-refractivity contribution in [1.82, 2.24) is 5.32 Å². The fourth-order valence-corrected chi connectivity index (χ4v) is 3.33. The molecular weight excluding hydrogens is 436 g/mol. The minimum Gasteiger partial charge on any atom is -0.444 e. The van der Waals surface area contributed by atoms with Crippen LogP contribution in [-0.2, 0) is 25.0 Å². The molecule has 174 valence electrons. The molecule has 0 heterocycles. The van der Waals surface area contributed by atoms with E-state index in [0.717, 1.165) is 0 Å². The number of rotatable bonds is 6. The van der Waals surface area contributed by atoms with Crippen LogP contribution >= 0.6 is 0 Å². The summed E-state index contributed by atoms with van der Waals surface area (Å²) >= 11 is 0. The highest BCUT2D eigenvalue weighted by molar-refractivity contribution is 7.85. The van der Waals surface area contributed by atoms with Gasteiger partial charge in [0.25, 0.3) is 20.2 Å². The zero-order valence-electron chi connectivity index (χ0n) is 17.0. The second-order valence-electron chi connectivity index (χ2n) is 8.19. The number of amides is 1. The lowest BCUT2D eigenvalue weighted by molar-refractivity contribution is -0.0475. The molecule has 0 unspecified atom stereocenters. The summed E-state index contributed by atoms with van der Waals surface area (Å²) in [5.74, 6) is -3.17. The fourth-order valence-electron chi connectivity index (χ4n) is 2.75. The monoisotopic (exact) mass is 467 g/mol. The maximum absolute atomic E-state index is 13.2. The fraction of sp³-hybridized carbons (Fsp3) is 0.938. The van der Waals surface area contributed by atoms with Crippen LogP contribution in [0.1, 0.15) is 59.3 Å². The molecule has 0 aromatic rings. The first-order chi connectivity index (χ1) is 12.8. The molecule has 1 saturated carbocycles. The first-order valence-electron chi connectivity index (χ1n) is 9.01. The quantitative estimate of drug-likeness (QED) is 0.505. The van der Waals surface area contributed by atoms with E-state index < -0.39 is 49.6 Å². The van der Waals surface area contributed by atoms with Crippen molar-refractivity contribution >= 4 is 26.3 Å². The van der Waals surface area contributed by atoms with Crippen LogP contribution in [0.2, 0.25) is 0 Å². The molecule has 0 aromatic carbocycles. The minimum absolute atomic E-state index is 0.00493. The number of alkyl carbamates (subject to hydrolysis) is 1. The predicted octanol–water partition coefficient (Wildman–Crippen LogP) is 2.88. The van der Waals surface area contributed by atoms with Crippen molar-refractivity contribution in [2.24, 2.45) is 5.92 Å². The third-order valence-corrected chi connectivity index (χ3v) is 4.65. The van der Waals surface area contributed by atoms with Crippen LogP contribution in [0.25, 0.3) is 0 Å². The van der Waals surface area contributed by atoms with Gasteiger partial charge in [0.05, 0.1) is 12.0 Å². The number of carbonyl (C=O) groups excluding carboxylic acids is 1. The van der Waals surface area contributed by atoms with Gasteiger partial charge in [-0.2, -0.15) is 16.8 Å². The van der Waals surface area contributed by atoms with E-state index in [4.69, 9.17) is 13.8 Å². The molecule has 0 aromatic heterocycles. The van der Waals surface area contributed by atoms with E-state index in [2.05, 4.69) is 5.32 Å². The molecule has 1 amide bonds. The number of ether oxygens (including phenoxy) is 1. The van der Waals surface area contributed by atoms with Crippen molar-refractivity contribution in [3.63, 3.8) is 0 Å². The van der Waals surface area contributed by atoms with E-state index in [-0.39, 0.29) is 25.2 Å². The lowest BCUT2D eigenvalue weighted by Crippen LogP contribution is -2.41. The first kappa shape index (κ1) is 27.9. The highest BCUT2D eigenvalue weighted by Gasteiger charge is 2.36. The number of carbonyl (C=O) groups is 1. The Labute approximate surface area is 171 Å². The number of halogens is 2. The molecule has 0 aliphatic heterocycles. The molecular formula is C16H31F2NO8S2. The highest BCUT2D eigenvalue weighted by Crippen LogP contribution is 2.38. The SMILES string of the molecule is CC(C)(C)OC(=O)N[C@H](CCS(=O)(=O)O)CC1CCC(F)(F)CC1.CS(=O)(=O)O. The summed E-state index contributed by atoms with van der Waals surface area (Å²) in [7, 11) is -7.83. The molecule has 13 heteroatoms. The molecule has 1 atom stereocenters. The summed E-state index contributed by atoms with van der Waals surface area (Å²) in [6.07, 6.45) is 0.660. The van der Waals surface area contributed by atoms with Gasteiger partial charge in [-0.15, -0.1) is 0 Å². The Bertz CT molecular complexity index is 715. The van der Waals surface area contributed by atoms with Crippen LogP contribution in [0.5, 0.6) is 0 Å². The molecule has 9 nitrogen and oxygen atoms in total. The van der Waals surface area contributed by atoms with E-state index in [1.165, 1.54) is 0 Å². The second kappa shape index (κ2) is 10.8. The minimum atomic E-state index is -4.16. The van der Waals surface area contributed by atoms with Gasteiger partial charge in [-0.3, -0.25) is 9.11 Å². The van der Waals surface area contributed by atoms with E-state index in [9.17, 15) is 30.4 Å². The standard InChI is InChI=1S/C15H27F2NO5S.CH4O3S/c1-14(2,3)23-13(19)18-12(6-9-24(20,21)22)10-11-4-7-15(16,17)8-5-11;1-5(2,3)4/h11-12H,4-10H2,1-3H3,(H,18,19)(H,20,21,22);1H3,(H,2,3,4)/t12-;/m1./s1. The Hall–Kier alpha value is -1.05. The summed E-state index contributed by atoms with van der Waals surface area (Å²) in [5.41, 5.74) is -0.704. The highest BCUT2D eigenvalue weighted by atomic mass is 32.2. The molecule has 0 bridgehead atoms. The van der Waals surface area contributed by atoms with Crippen molar-refractivity contribution in [3.8, 4) is 0 Å². The average molecular weight is 468 g/mol. The van der Waals surface area contributed by atoms with Gasteiger partial charge in [-0.1, -0.05) is 0 Å². The average Bonchev–Trinajstić information content (AvgIpc) is 2.42. The lowest BCUT2D eigenvalue weighted by Gasteiger charge is -2.31. The largest absolute Gasteiger partial charge is 0.444 e. The Morgan fingerprint density at radius 1 is 1.17 bits per heavy atom. The Balaban J connectivity index is 0.00000139. The van der Waals surface area contributed by atoms with Gasteiger partial charge in [0.1, 0.15) is 5.60 Å². The molecule has 0 saturated heterocycles. The predicted molar refractivity (Wildman–Crippen MR) is 103 cm³/mol. The van der Waals surface area contributed by atoms with Gasteiger partial charge >= 0.3 is 6.09 Å². The third kappa shape index (κ3) is 18.7. The van der Waals surface area contributed by atoms with Gasteiger partial charge in [0, 0.05) is 18.9 Å². The molecule has 0 spiro atoms. The van der Waals surface area contributed by atoms with Gasteiger partial charge in [-0.05, 0) is 52.4 Å². The molecule has 29 heavy (non-hydrogen) atoms. The molecule has 1 rings (SSSR count). The first-order valence-corrected chi connectivity index (χ1v) is 12.5. The van der Waals surface area contributed by atoms with Gasteiger partial charge in [0.15, 0.2) is 0 Å². The van der Waals surface area contributed by atoms with Gasteiger partial charge < -0.3 is 10.1 Å². The van der Waals surface area contributed by atoms with Crippen molar-refractivity contribution < 1.29 is 44.3 Å². The smallest absolute Gasteiger partial charge is 0.407 e. The summed E-state index contributed by atoms with van der Waals surface area (Å²) in [6.45, 7) is 5.09. The molecule has 1 fully saturated rings. The van der Waals surface area contributed by atoms with E-state index in [1.54, 1.807) is 20.8 Å². The summed E-state index contributed by atoms with van der Waals surface area (Å²) in [6, 6.07) is -0.557. The zero-order chi connectivity index (χ0) is 23.1. The second-order valence-corrected chi connectivity index (χ2v) is 11.2. The van der Waals surface area contributed by atoms with Crippen LogP contribution in [0.3, 0.4) is 0 Å². The lowest BCUT2D eigenvalue weighted by atomic mass is 9.82. The van der Waals surface area contributed by atoms with Crippen molar-refractivity contribution in [3.05, 3.63) is 0 Å². The van der Waals surface area contributed by atoms with E-state index in [1.807, 2.05) is 0 Å². The van der Waals surface area contributed by atoms with E-state index in [0.29, 0.717) is 25.5 Å². The van der Waals surface area contributed by atoms with Crippen LogP contribution in [0.15, 0.2) is 0 Å². The number of nitrogens with one attached hydrogen (secondary N) is 1. The normalized spacial score (nSPS) is 18.9.